The molecular weight excluding hydrogens is 461 g/mol. The van der Waals surface area contributed by atoms with E-state index in [0.29, 0.717) is 30.0 Å². The van der Waals surface area contributed by atoms with Gasteiger partial charge in [0.2, 0.25) is 0 Å². The third-order valence-corrected chi connectivity index (χ3v) is 8.36. The molecule has 0 spiro atoms. The van der Waals surface area contributed by atoms with Gasteiger partial charge in [0.15, 0.2) is 21.4 Å². The molecule has 1 aliphatic heterocycles. The van der Waals surface area contributed by atoms with Gasteiger partial charge in [0.1, 0.15) is 0 Å². The van der Waals surface area contributed by atoms with Crippen LogP contribution in [0.5, 0.6) is 5.75 Å². The minimum atomic E-state index is -3.44. The molecule has 35 heavy (non-hydrogen) atoms. The lowest BCUT2D eigenvalue weighted by atomic mass is 9.90. The highest BCUT2D eigenvalue weighted by molar-refractivity contribution is 7.91. The van der Waals surface area contributed by atoms with Crippen LogP contribution in [-0.4, -0.2) is 25.8 Å². The predicted octanol–water partition coefficient (Wildman–Crippen LogP) is 5.85. The van der Waals surface area contributed by atoms with Gasteiger partial charge in [0.05, 0.1) is 10.6 Å². The van der Waals surface area contributed by atoms with Crippen molar-refractivity contribution in [2.24, 2.45) is 5.92 Å². The Bertz CT molecular complexity index is 1440. The van der Waals surface area contributed by atoms with Crippen LogP contribution < -0.4 is 4.90 Å². The highest BCUT2D eigenvalue weighted by Gasteiger charge is 2.29. The summed E-state index contributed by atoms with van der Waals surface area (Å²) >= 11 is 0. The second-order valence-electron chi connectivity index (χ2n) is 9.04. The van der Waals surface area contributed by atoms with E-state index in [1.165, 1.54) is 12.1 Å². The standard InChI is InChI=1S/C29H26FNO3S/c30-27-17-24(12-14-29(27)32)23-11-13-28-25(16-23)15-22(19-31(28)18-21-7-3-1-4-8-21)20-35(33,34)26-9-5-2-6-10-26/h1-14,16-17,22,32H,15,18-20H2. The maximum atomic E-state index is 14.0. The molecule has 0 aliphatic carbocycles. The van der Waals surface area contributed by atoms with Crippen LogP contribution in [0.3, 0.4) is 0 Å². The highest BCUT2D eigenvalue weighted by Crippen LogP contribution is 2.36. The Balaban J connectivity index is 1.49. The number of anilines is 1. The molecule has 0 saturated heterocycles. The minimum absolute atomic E-state index is 0.0554. The van der Waals surface area contributed by atoms with E-state index in [9.17, 15) is 17.9 Å². The molecule has 0 bridgehead atoms. The first-order valence-corrected chi connectivity index (χ1v) is 13.2. The monoisotopic (exact) mass is 487 g/mol. The van der Waals surface area contributed by atoms with Gasteiger partial charge < -0.3 is 10.0 Å². The molecule has 1 aliphatic rings. The number of rotatable bonds is 6. The number of phenols is 1. The molecular formula is C29H26FNO3S. The van der Waals surface area contributed by atoms with Crippen molar-refractivity contribution in [1.29, 1.82) is 0 Å². The van der Waals surface area contributed by atoms with Crippen molar-refractivity contribution in [3.63, 3.8) is 0 Å². The van der Waals surface area contributed by atoms with Gasteiger partial charge in [-0.2, -0.15) is 0 Å². The minimum Gasteiger partial charge on any atom is -0.505 e. The molecule has 0 amide bonds. The molecule has 1 unspecified atom stereocenters. The van der Waals surface area contributed by atoms with Gasteiger partial charge in [-0.05, 0) is 71.0 Å². The summed E-state index contributed by atoms with van der Waals surface area (Å²) in [5, 5.41) is 9.56. The van der Waals surface area contributed by atoms with Gasteiger partial charge in [-0.15, -0.1) is 0 Å². The molecule has 0 fully saturated rings. The van der Waals surface area contributed by atoms with E-state index >= 15 is 0 Å². The summed E-state index contributed by atoms with van der Waals surface area (Å²) in [6.45, 7) is 1.30. The fourth-order valence-corrected chi connectivity index (χ4v) is 6.42. The Hall–Kier alpha value is -3.64. The average Bonchev–Trinajstić information content (AvgIpc) is 2.86. The number of hydrogen-bond acceptors (Lipinski definition) is 4. The molecule has 4 aromatic rings. The quantitative estimate of drug-likeness (QED) is 0.371. The van der Waals surface area contributed by atoms with Gasteiger partial charge in [-0.25, -0.2) is 12.8 Å². The molecule has 178 valence electrons. The van der Waals surface area contributed by atoms with E-state index in [1.807, 2.05) is 42.5 Å². The zero-order valence-corrected chi connectivity index (χ0v) is 20.0. The SMILES string of the molecule is O=S(=O)(CC1Cc2cc(-c3ccc(O)c(F)c3)ccc2N(Cc2ccccc2)C1)c1ccccc1. The van der Waals surface area contributed by atoms with E-state index in [1.54, 1.807) is 30.3 Å². The Kier molecular flexibility index (Phi) is 6.31. The van der Waals surface area contributed by atoms with Crippen LogP contribution in [0.2, 0.25) is 0 Å². The van der Waals surface area contributed by atoms with Gasteiger partial charge in [-0.1, -0.05) is 60.7 Å². The van der Waals surface area contributed by atoms with Gasteiger partial charge in [0, 0.05) is 18.8 Å². The average molecular weight is 488 g/mol. The largest absolute Gasteiger partial charge is 0.505 e. The Labute approximate surface area is 205 Å². The van der Waals surface area contributed by atoms with E-state index in [2.05, 4.69) is 17.0 Å². The molecule has 0 aromatic heterocycles. The van der Waals surface area contributed by atoms with Crippen molar-refractivity contribution < 1.29 is 17.9 Å². The third kappa shape index (κ3) is 5.08. The van der Waals surface area contributed by atoms with Crippen molar-refractivity contribution in [3.05, 3.63) is 114 Å². The van der Waals surface area contributed by atoms with Gasteiger partial charge in [0.25, 0.3) is 0 Å². The van der Waals surface area contributed by atoms with E-state index < -0.39 is 15.7 Å². The van der Waals surface area contributed by atoms with Crippen LogP contribution in [0.1, 0.15) is 11.1 Å². The zero-order chi connectivity index (χ0) is 24.4. The number of nitrogens with zero attached hydrogens (tertiary/aromatic N) is 1. The number of benzene rings is 4. The van der Waals surface area contributed by atoms with Gasteiger partial charge >= 0.3 is 0 Å². The summed E-state index contributed by atoms with van der Waals surface area (Å²) < 4.78 is 40.3. The fourth-order valence-electron chi connectivity index (χ4n) is 4.81. The van der Waals surface area contributed by atoms with Crippen molar-refractivity contribution in [2.75, 3.05) is 17.2 Å². The summed E-state index contributed by atoms with van der Waals surface area (Å²) in [6, 6.07) is 29.0. The zero-order valence-electron chi connectivity index (χ0n) is 19.1. The summed E-state index contributed by atoms with van der Waals surface area (Å²) in [4.78, 5) is 2.58. The summed E-state index contributed by atoms with van der Waals surface area (Å²) in [5.74, 6) is -1.09. The maximum Gasteiger partial charge on any atom is 0.178 e. The van der Waals surface area contributed by atoms with Gasteiger partial charge in [-0.3, -0.25) is 0 Å². The van der Waals surface area contributed by atoms with Crippen LogP contribution in [0.15, 0.2) is 102 Å². The lowest BCUT2D eigenvalue weighted by Crippen LogP contribution is -2.38. The van der Waals surface area contributed by atoms with Crippen LogP contribution in [0.25, 0.3) is 11.1 Å². The Morgan fingerprint density at radius 1 is 0.857 bits per heavy atom. The topological polar surface area (TPSA) is 57.6 Å². The first-order valence-electron chi connectivity index (χ1n) is 11.6. The normalized spacial score (nSPS) is 15.6. The summed E-state index contributed by atoms with van der Waals surface area (Å²) in [6.07, 6.45) is 0.612. The van der Waals surface area contributed by atoms with Crippen LogP contribution in [-0.2, 0) is 22.8 Å². The second kappa shape index (κ2) is 9.55. The predicted molar refractivity (Wildman–Crippen MR) is 137 cm³/mol. The van der Waals surface area contributed by atoms with E-state index in [-0.39, 0.29) is 17.4 Å². The Morgan fingerprint density at radius 3 is 2.23 bits per heavy atom. The molecule has 1 atom stereocenters. The number of hydrogen-bond donors (Lipinski definition) is 1. The van der Waals surface area contributed by atoms with Crippen molar-refractivity contribution in [3.8, 4) is 16.9 Å². The van der Waals surface area contributed by atoms with Crippen LogP contribution >= 0.6 is 0 Å². The molecule has 1 N–H and O–H groups in total. The number of sulfone groups is 1. The smallest absolute Gasteiger partial charge is 0.178 e. The molecule has 4 nitrogen and oxygen atoms in total. The number of halogens is 1. The third-order valence-electron chi connectivity index (χ3n) is 6.46. The molecule has 1 heterocycles. The fraction of sp³-hybridized carbons (Fsp3) is 0.172. The van der Waals surface area contributed by atoms with Crippen molar-refractivity contribution in [2.45, 2.75) is 17.9 Å². The lowest BCUT2D eigenvalue weighted by Gasteiger charge is -2.36. The second-order valence-corrected chi connectivity index (χ2v) is 11.1. The maximum absolute atomic E-state index is 14.0. The van der Waals surface area contributed by atoms with Crippen LogP contribution in [0, 0.1) is 11.7 Å². The van der Waals surface area contributed by atoms with Crippen LogP contribution in [0.4, 0.5) is 10.1 Å². The highest BCUT2D eigenvalue weighted by atomic mass is 32.2. The number of phenolic OH excluding ortho intramolecular Hbond substituents is 1. The molecule has 0 saturated carbocycles. The van der Waals surface area contributed by atoms with E-state index in [4.69, 9.17) is 0 Å². The molecule has 4 aromatic carbocycles. The summed E-state index contributed by atoms with van der Waals surface area (Å²) in [7, 11) is -3.44. The van der Waals surface area contributed by atoms with Crippen molar-refractivity contribution in [1.82, 2.24) is 0 Å². The first kappa shape index (κ1) is 23.1. The number of aromatic hydroxyl groups is 1. The first-order chi connectivity index (χ1) is 16.9. The molecule has 0 radical (unpaired) electrons. The molecule has 6 heteroatoms. The molecule has 5 rings (SSSR count). The Morgan fingerprint density at radius 2 is 1.51 bits per heavy atom. The van der Waals surface area contributed by atoms with E-state index in [0.717, 1.165) is 22.4 Å². The van der Waals surface area contributed by atoms with Crippen molar-refractivity contribution >= 4 is 15.5 Å². The summed E-state index contributed by atoms with van der Waals surface area (Å²) in [5.41, 5.74) is 4.73. The number of fused-ring (bicyclic) bond motifs is 1. The lowest BCUT2D eigenvalue weighted by molar-refractivity contribution is 0.432.